The molecule has 1 spiro atoms. The molecule has 0 aromatic rings. The van der Waals surface area contributed by atoms with Gasteiger partial charge in [-0.2, -0.15) is 0 Å². The van der Waals surface area contributed by atoms with Crippen LogP contribution in [-0.4, -0.2) is 7.11 Å². The van der Waals surface area contributed by atoms with Crippen LogP contribution in [0.15, 0.2) is 46.8 Å². The number of allylic oxidation sites excluding steroid dienone is 6. The zero-order valence-corrected chi connectivity index (χ0v) is 12.1. The summed E-state index contributed by atoms with van der Waals surface area (Å²) in [5.41, 5.74) is 6.73. The molecular weight excluding hydrogens is 220 g/mol. The lowest BCUT2D eigenvalue weighted by molar-refractivity contribution is 0.308. The highest BCUT2D eigenvalue weighted by Gasteiger charge is 2.40. The van der Waals surface area contributed by atoms with Crippen LogP contribution < -0.4 is 0 Å². The third kappa shape index (κ3) is 2.45. The maximum atomic E-state index is 5.08. The predicted molar refractivity (Wildman–Crippen MR) is 77.3 cm³/mol. The molecule has 2 aliphatic carbocycles. The SMILES string of the molecule is C=C(/C=C\C1=C(C)CC2(CC(C)=C(C)C2)C1)OC. The van der Waals surface area contributed by atoms with Gasteiger partial charge in [0.25, 0.3) is 0 Å². The van der Waals surface area contributed by atoms with Gasteiger partial charge in [0.2, 0.25) is 0 Å². The van der Waals surface area contributed by atoms with E-state index in [2.05, 4.69) is 33.4 Å². The fraction of sp³-hybridized carbons (Fsp3) is 0.529. The molecule has 0 saturated heterocycles. The van der Waals surface area contributed by atoms with Crippen LogP contribution >= 0.6 is 0 Å². The van der Waals surface area contributed by atoms with Crippen LogP contribution in [0.4, 0.5) is 0 Å². The van der Waals surface area contributed by atoms with Crippen LogP contribution in [0.2, 0.25) is 0 Å². The van der Waals surface area contributed by atoms with Crippen LogP contribution in [0.25, 0.3) is 0 Å². The average molecular weight is 244 g/mol. The predicted octanol–water partition coefficient (Wildman–Crippen LogP) is 4.93. The van der Waals surface area contributed by atoms with Crippen molar-refractivity contribution in [3.63, 3.8) is 0 Å². The summed E-state index contributed by atoms with van der Waals surface area (Å²) < 4.78 is 5.08. The van der Waals surface area contributed by atoms with Gasteiger partial charge >= 0.3 is 0 Å². The first-order valence-electron chi connectivity index (χ1n) is 6.71. The van der Waals surface area contributed by atoms with Gasteiger partial charge in [-0.3, -0.25) is 0 Å². The lowest BCUT2D eigenvalue weighted by atomic mass is 9.80. The molecule has 0 N–H and O–H groups in total. The quantitative estimate of drug-likeness (QED) is 0.388. The maximum absolute atomic E-state index is 5.08. The fourth-order valence-corrected chi connectivity index (χ4v) is 3.50. The molecule has 1 heteroatoms. The Kier molecular flexibility index (Phi) is 3.52. The van der Waals surface area contributed by atoms with Crippen molar-refractivity contribution < 1.29 is 4.74 Å². The van der Waals surface area contributed by atoms with Gasteiger partial charge in [-0.1, -0.05) is 29.4 Å². The molecular formula is C17H24O. The lowest BCUT2D eigenvalue weighted by Crippen LogP contribution is -2.13. The Balaban J connectivity index is 2.07. The second-order valence-corrected chi connectivity index (χ2v) is 6.08. The summed E-state index contributed by atoms with van der Waals surface area (Å²) in [5.74, 6) is 0.730. The van der Waals surface area contributed by atoms with Crippen molar-refractivity contribution in [2.24, 2.45) is 5.41 Å². The van der Waals surface area contributed by atoms with Crippen LogP contribution in [0, 0.1) is 5.41 Å². The number of hydrogen-bond acceptors (Lipinski definition) is 1. The van der Waals surface area contributed by atoms with Crippen molar-refractivity contribution in [1.82, 2.24) is 0 Å². The topological polar surface area (TPSA) is 9.23 Å². The van der Waals surface area contributed by atoms with Crippen molar-refractivity contribution in [1.29, 1.82) is 0 Å². The number of ether oxygens (including phenoxy) is 1. The van der Waals surface area contributed by atoms with Gasteiger partial charge in [-0.05, 0) is 63.5 Å². The molecule has 0 aromatic heterocycles. The highest BCUT2D eigenvalue weighted by Crippen LogP contribution is 2.54. The standard InChI is InChI=1S/C17H24O/c1-12-8-17(9-13(12)2)10-14(3)16(11-17)7-6-15(4)18-5/h6-7H,4,8-11H2,1-3,5H3/b7-6-. The Hall–Kier alpha value is -1.24. The van der Waals surface area contributed by atoms with E-state index >= 15 is 0 Å². The second kappa shape index (κ2) is 4.79. The van der Waals surface area contributed by atoms with Crippen molar-refractivity contribution in [3.05, 3.63) is 46.8 Å². The van der Waals surface area contributed by atoms with Crippen molar-refractivity contribution in [2.45, 2.75) is 46.5 Å². The average Bonchev–Trinajstić information content (AvgIpc) is 2.76. The summed E-state index contributed by atoms with van der Waals surface area (Å²) in [6.07, 6.45) is 9.19. The maximum Gasteiger partial charge on any atom is 0.111 e. The molecule has 2 rings (SSSR count). The van der Waals surface area contributed by atoms with E-state index in [1.165, 1.54) is 36.8 Å². The molecule has 0 fully saturated rings. The second-order valence-electron chi connectivity index (χ2n) is 6.08. The van der Waals surface area contributed by atoms with Gasteiger partial charge in [0.05, 0.1) is 7.11 Å². The molecule has 0 bridgehead atoms. The summed E-state index contributed by atoms with van der Waals surface area (Å²) in [7, 11) is 1.66. The van der Waals surface area contributed by atoms with E-state index in [1.807, 2.05) is 6.08 Å². The van der Waals surface area contributed by atoms with E-state index in [4.69, 9.17) is 4.74 Å². The van der Waals surface area contributed by atoms with E-state index in [0.717, 1.165) is 5.76 Å². The molecule has 0 amide bonds. The smallest absolute Gasteiger partial charge is 0.111 e. The Labute approximate surface area is 111 Å². The highest BCUT2D eigenvalue weighted by molar-refractivity contribution is 5.38. The van der Waals surface area contributed by atoms with Gasteiger partial charge in [-0.15, -0.1) is 0 Å². The van der Waals surface area contributed by atoms with Crippen LogP contribution in [0.1, 0.15) is 46.5 Å². The van der Waals surface area contributed by atoms with Crippen molar-refractivity contribution >= 4 is 0 Å². The van der Waals surface area contributed by atoms with E-state index in [0.29, 0.717) is 5.41 Å². The first-order valence-corrected chi connectivity index (χ1v) is 6.71. The Morgan fingerprint density at radius 2 is 1.61 bits per heavy atom. The minimum Gasteiger partial charge on any atom is -0.497 e. The Bertz CT molecular complexity index is 446. The molecule has 0 atom stereocenters. The van der Waals surface area contributed by atoms with E-state index in [1.54, 1.807) is 18.3 Å². The fourth-order valence-electron chi connectivity index (χ4n) is 3.50. The van der Waals surface area contributed by atoms with E-state index in [-0.39, 0.29) is 0 Å². The zero-order valence-electron chi connectivity index (χ0n) is 12.1. The zero-order chi connectivity index (χ0) is 13.3. The van der Waals surface area contributed by atoms with E-state index in [9.17, 15) is 0 Å². The molecule has 18 heavy (non-hydrogen) atoms. The molecule has 0 radical (unpaired) electrons. The number of methoxy groups -OCH3 is 1. The third-order valence-corrected chi connectivity index (χ3v) is 4.50. The summed E-state index contributed by atoms with van der Waals surface area (Å²) in [6.45, 7) is 10.7. The summed E-state index contributed by atoms with van der Waals surface area (Å²) >= 11 is 0. The highest BCUT2D eigenvalue weighted by atomic mass is 16.5. The minimum absolute atomic E-state index is 0.492. The van der Waals surface area contributed by atoms with E-state index < -0.39 is 0 Å². The normalized spacial score (nSPS) is 22.7. The first kappa shape index (κ1) is 13.2. The molecule has 0 unspecified atom stereocenters. The molecule has 98 valence electrons. The van der Waals surface area contributed by atoms with Gasteiger partial charge in [0, 0.05) is 0 Å². The van der Waals surface area contributed by atoms with Gasteiger partial charge < -0.3 is 4.74 Å². The van der Waals surface area contributed by atoms with Crippen molar-refractivity contribution in [3.8, 4) is 0 Å². The number of rotatable bonds is 3. The molecule has 0 aliphatic heterocycles. The largest absolute Gasteiger partial charge is 0.497 e. The Morgan fingerprint density at radius 3 is 2.17 bits per heavy atom. The van der Waals surface area contributed by atoms with Gasteiger partial charge in [0.1, 0.15) is 5.76 Å². The molecule has 0 heterocycles. The first-order chi connectivity index (χ1) is 8.46. The summed E-state index contributed by atoms with van der Waals surface area (Å²) in [6, 6.07) is 0. The molecule has 0 saturated carbocycles. The molecule has 1 nitrogen and oxygen atoms in total. The monoisotopic (exact) mass is 244 g/mol. The Morgan fingerprint density at radius 1 is 1.06 bits per heavy atom. The molecule has 0 aromatic carbocycles. The van der Waals surface area contributed by atoms with Crippen LogP contribution in [0.5, 0.6) is 0 Å². The molecule has 2 aliphatic rings. The van der Waals surface area contributed by atoms with Crippen LogP contribution in [-0.2, 0) is 4.74 Å². The van der Waals surface area contributed by atoms with Crippen molar-refractivity contribution in [2.75, 3.05) is 7.11 Å². The van der Waals surface area contributed by atoms with Gasteiger partial charge in [-0.25, -0.2) is 0 Å². The lowest BCUT2D eigenvalue weighted by Gasteiger charge is -2.24. The van der Waals surface area contributed by atoms with Crippen LogP contribution in [0.3, 0.4) is 0 Å². The third-order valence-electron chi connectivity index (χ3n) is 4.50. The minimum atomic E-state index is 0.492. The van der Waals surface area contributed by atoms with Gasteiger partial charge in [0.15, 0.2) is 0 Å². The summed E-state index contributed by atoms with van der Waals surface area (Å²) in [5, 5.41) is 0. The summed E-state index contributed by atoms with van der Waals surface area (Å²) in [4.78, 5) is 0. The number of hydrogen-bond donors (Lipinski definition) is 0.